The molecule has 0 saturated carbocycles. The summed E-state index contributed by atoms with van der Waals surface area (Å²) in [5.41, 5.74) is 4.82. The number of fused-ring (bicyclic) bond motifs is 1. The number of alkyl halides is 1. The first-order chi connectivity index (χ1) is 12.8. The molecule has 0 aliphatic rings. The van der Waals surface area contributed by atoms with Gasteiger partial charge < -0.3 is 10.7 Å². The molecule has 3 N–H and O–H groups in total. The van der Waals surface area contributed by atoms with Crippen molar-refractivity contribution in [1.82, 2.24) is 14.1 Å². The lowest BCUT2D eigenvalue weighted by Gasteiger charge is -2.19. The first-order valence-electron chi connectivity index (χ1n) is 8.43. The van der Waals surface area contributed by atoms with Crippen molar-refractivity contribution < 1.29 is 4.39 Å². The van der Waals surface area contributed by atoms with Crippen LogP contribution in [0.1, 0.15) is 30.4 Å². The Balaban J connectivity index is 3.00. The molecule has 146 valence electrons. The van der Waals surface area contributed by atoms with E-state index in [1.807, 2.05) is 6.92 Å². The van der Waals surface area contributed by atoms with Gasteiger partial charge in [-0.3, -0.25) is 18.7 Å². The molecule has 0 radical (unpaired) electrons. The number of nitrogens with one attached hydrogen (secondary N) is 1. The third-order valence-corrected chi connectivity index (χ3v) is 4.88. The molecular formula is C18H22BrFN4O3. The molecule has 2 aromatic rings. The van der Waals surface area contributed by atoms with Crippen LogP contribution in [-0.2, 0) is 20.6 Å². The number of H-pyrrole nitrogens is 1. The van der Waals surface area contributed by atoms with E-state index < -0.39 is 28.6 Å². The van der Waals surface area contributed by atoms with Crippen molar-refractivity contribution in [1.29, 1.82) is 0 Å². The third-order valence-electron chi connectivity index (χ3n) is 4.51. The normalized spacial score (nSPS) is 13.6. The molecule has 0 aliphatic carbocycles. The van der Waals surface area contributed by atoms with Crippen LogP contribution in [0.2, 0.25) is 0 Å². The molecule has 0 aliphatic heterocycles. The summed E-state index contributed by atoms with van der Waals surface area (Å²) in [5, 5.41) is 0.662. The Bertz CT molecular complexity index is 1090. The quantitative estimate of drug-likeness (QED) is 0.526. The van der Waals surface area contributed by atoms with Crippen LogP contribution in [0.4, 0.5) is 4.39 Å². The number of aromatic nitrogens is 3. The Labute approximate surface area is 163 Å². The maximum atomic E-state index is 14.3. The Morgan fingerprint density at radius 3 is 2.52 bits per heavy atom. The second-order valence-corrected chi connectivity index (χ2v) is 6.75. The van der Waals surface area contributed by atoms with Gasteiger partial charge in [0.05, 0.1) is 5.39 Å². The van der Waals surface area contributed by atoms with Crippen molar-refractivity contribution in [2.45, 2.75) is 25.8 Å². The van der Waals surface area contributed by atoms with Gasteiger partial charge in [-0.05, 0) is 24.1 Å². The van der Waals surface area contributed by atoms with E-state index >= 15 is 0 Å². The fourth-order valence-electron chi connectivity index (χ4n) is 3.11. The molecule has 2 rings (SSSR count). The Morgan fingerprint density at radius 2 is 1.96 bits per heavy atom. The Kier molecular flexibility index (Phi) is 6.72. The molecular weight excluding hydrogens is 419 g/mol. The maximum Gasteiger partial charge on any atom is 0.332 e. The number of hydrogen-bond acceptors (Lipinski definition) is 4. The van der Waals surface area contributed by atoms with Crippen molar-refractivity contribution in [3.63, 3.8) is 0 Å². The van der Waals surface area contributed by atoms with Crippen LogP contribution in [0.5, 0.6) is 0 Å². The first-order valence-corrected chi connectivity index (χ1v) is 9.55. The minimum Gasteiger partial charge on any atom is -0.326 e. The van der Waals surface area contributed by atoms with E-state index in [4.69, 9.17) is 5.73 Å². The fourth-order valence-corrected chi connectivity index (χ4v) is 3.30. The molecule has 1 atom stereocenters. The van der Waals surface area contributed by atoms with Crippen LogP contribution in [-0.4, -0.2) is 19.4 Å². The van der Waals surface area contributed by atoms with E-state index in [1.54, 1.807) is 6.08 Å². The Hall–Kier alpha value is -2.26. The van der Waals surface area contributed by atoms with Gasteiger partial charge in [0.1, 0.15) is 11.5 Å². The maximum absolute atomic E-state index is 14.3. The zero-order valence-electron chi connectivity index (χ0n) is 15.4. The summed E-state index contributed by atoms with van der Waals surface area (Å²) in [6.07, 6.45) is 4.70. The van der Waals surface area contributed by atoms with Crippen molar-refractivity contribution >= 4 is 27.0 Å². The lowest BCUT2D eigenvalue weighted by Crippen LogP contribution is -2.39. The van der Waals surface area contributed by atoms with Crippen molar-refractivity contribution in [3.8, 4) is 0 Å². The summed E-state index contributed by atoms with van der Waals surface area (Å²) in [5.74, 6) is -1.04. The summed E-state index contributed by atoms with van der Waals surface area (Å²) in [6, 6.07) is 0. The zero-order chi connectivity index (χ0) is 20.3. The SMILES string of the molecule is CCC(/C=C(F)\C=C/CBr)c1c(CN)c(=O)[nH]c2c1c(=O)n(C)c(=O)n2C. The molecule has 0 spiro atoms. The molecule has 0 fully saturated rings. The Morgan fingerprint density at radius 1 is 1.30 bits per heavy atom. The number of aryl methyl sites for hydroxylation is 1. The number of halogens is 2. The predicted molar refractivity (Wildman–Crippen MR) is 108 cm³/mol. The molecule has 0 bridgehead atoms. The summed E-state index contributed by atoms with van der Waals surface area (Å²) >= 11 is 3.18. The van der Waals surface area contributed by atoms with E-state index in [1.165, 1.54) is 30.8 Å². The second kappa shape index (κ2) is 8.62. The summed E-state index contributed by atoms with van der Waals surface area (Å²) in [4.78, 5) is 40.1. The van der Waals surface area contributed by atoms with Crippen molar-refractivity contribution in [3.05, 3.63) is 66.4 Å². The van der Waals surface area contributed by atoms with Gasteiger partial charge >= 0.3 is 5.69 Å². The van der Waals surface area contributed by atoms with E-state index in [2.05, 4.69) is 20.9 Å². The topological polar surface area (TPSA) is 103 Å². The van der Waals surface area contributed by atoms with Gasteiger partial charge in [-0.2, -0.15) is 0 Å². The monoisotopic (exact) mass is 440 g/mol. The van der Waals surface area contributed by atoms with Crippen LogP contribution < -0.4 is 22.5 Å². The molecule has 9 heteroatoms. The van der Waals surface area contributed by atoms with Crippen LogP contribution in [0, 0.1) is 0 Å². The van der Waals surface area contributed by atoms with Gasteiger partial charge in [-0.1, -0.05) is 28.9 Å². The number of allylic oxidation sites excluding steroid dienone is 4. The molecule has 1 unspecified atom stereocenters. The average molecular weight is 441 g/mol. The molecule has 0 saturated heterocycles. The minimum absolute atomic E-state index is 0.101. The number of aromatic amines is 1. The van der Waals surface area contributed by atoms with Gasteiger partial charge in [0, 0.05) is 37.5 Å². The largest absolute Gasteiger partial charge is 0.332 e. The highest BCUT2D eigenvalue weighted by atomic mass is 79.9. The van der Waals surface area contributed by atoms with Crippen LogP contribution in [0.3, 0.4) is 0 Å². The molecule has 2 aromatic heterocycles. The molecule has 0 amide bonds. The summed E-state index contributed by atoms with van der Waals surface area (Å²) in [6.45, 7) is 1.71. The van der Waals surface area contributed by atoms with Gasteiger partial charge in [-0.15, -0.1) is 0 Å². The molecule has 7 nitrogen and oxygen atoms in total. The van der Waals surface area contributed by atoms with Crippen LogP contribution >= 0.6 is 15.9 Å². The van der Waals surface area contributed by atoms with Gasteiger partial charge in [-0.25, -0.2) is 9.18 Å². The van der Waals surface area contributed by atoms with Gasteiger partial charge in [0.2, 0.25) is 0 Å². The van der Waals surface area contributed by atoms with Gasteiger partial charge in [0.25, 0.3) is 11.1 Å². The lowest BCUT2D eigenvalue weighted by atomic mass is 9.89. The number of rotatable bonds is 6. The number of nitrogens with two attached hydrogens (primary N) is 1. The van der Waals surface area contributed by atoms with E-state index in [9.17, 15) is 18.8 Å². The highest BCUT2D eigenvalue weighted by molar-refractivity contribution is 9.09. The average Bonchev–Trinajstić information content (AvgIpc) is 2.66. The highest BCUT2D eigenvalue weighted by Gasteiger charge is 2.23. The highest BCUT2D eigenvalue weighted by Crippen LogP contribution is 2.29. The van der Waals surface area contributed by atoms with E-state index in [0.717, 1.165) is 4.57 Å². The van der Waals surface area contributed by atoms with E-state index in [-0.39, 0.29) is 23.1 Å². The van der Waals surface area contributed by atoms with Crippen LogP contribution in [0.25, 0.3) is 11.0 Å². The van der Waals surface area contributed by atoms with Crippen molar-refractivity contribution in [2.24, 2.45) is 19.8 Å². The number of hydrogen-bond donors (Lipinski definition) is 2. The summed E-state index contributed by atoms with van der Waals surface area (Å²) < 4.78 is 16.4. The molecule has 27 heavy (non-hydrogen) atoms. The number of pyridine rings is 1. The first kappa shape index (κ1) is 21.0. The molecule has 2 heterocycles. The third kappa shape index (κ3) is 3.89. The summed E-state index contributed by atoms with van der Waals surface area (Å²) in [7, 11) is 2.82. The second-order valence-electron chi connectivity index (χ2n) is 6.10. The smallest absolute Gasteiger partial charge is 0.326 e. The number of nitrogens with zero attached hydrogens (tertiary/aromatic N) is 2. The molecule has 0 aromatic carbocycles. The fraction of sp³-hybridized carbons (Fsp3) is 0.389. The van der Waals surface area contributed by atoms with Gasteiger partial charge in [0.15, 0.2) is 0 Å². The van der Waals surface area contributed by atoms with Crippen molar-refractivity contribution in [2.75, 3.05) is 5.33 Å². The predicted octanol–water partition coefficient (Wildman–Crippen LogP) is 1.68. The lowest BCUT2D eigenvalue weighted by molar-refractivity contribution is 0.644. The zero-order valence-corrected chi connectivity index (χ0v) is 17.0. The standard InChI is InChI=1S/C18H22BrFN4O3/c1-4-10(8-11(20)6-5-7-19)13-12(9-21)16(25)22-15-14(13)17(26)24(3)18(27)23(15)2/h5-6,8,10H,4,7,9,21H2,1-3H3,(H,22,25)/b6-5-,11-8+. The minimum atomic E-state index is -0.565. The van der Waals surface area contributed by atoms with Crippen LogP contribution in [0.15, 0.2) is 38.4 Å². The van der Waals surface area contributed by atoms with E-state index in [0.29, 0.717) is 17.3 Å².